The first-order valence-corrected chi connectivity index (χ1v) is 9.67. The van der Waals surface area contributed by atoms with Gasteiger partial charge in [0.2, 0.25) is 5.91 Å². The van der Waals surface area contributed by atoms with E-state index in [9.17, 15) is 13.2 Å². The number of rotatable bonds is 5. The lowest BCUT2D eigenvalue weighted by molar-refractivity contribution is -0.123. The Morgan fingerprint density at radius 2 is 2.27 bits per heavy atom. The SMILES string of the molecule is CC(NC(=O)[C@@H]1C[C@@H](S(C)(=O)=O)CN1)c1cc(C(=N)N)cs1. The second-order valence-corrected chi connectivity index (χ2v) is 8.80. The number of amidine groups is 1. The number of carbonyl (C=O) groups excluding carboxylic acids is 1. The highest BCUT2D eigenvalue weighted by Crippen LogP contribution is 2.22. The van der Waals surface area contributed by atoms with E-state index < -0.39 is 21.1 Å². The van der Waals surface area contributed by atoms with Crippen LogP contribution in [0.4, 0.5) is 0 Å². The molecule has 0 aromatic carbocycles. The number of nitrogens with one attached hydrogen (secondary N) is 3. The van der Waals surface area contributed by atoms with Gasteiger partial charge in [0, 0.05) is 28.6 Å². The fourth-order valence-electron chi connectivity index (χ4n) is 2.34. The molecule has 1 aliphatic rings. The number of sulfone groups is 1. The van der Waals surface area contributed by atoms with Crippen molar-refractivity contribution in [2.24, 2.45) is 5.73 Å². The Labute approximate surface area is 133 Å². The molecular formula is C13H20N4O3S2. The van der Waals surface area contributed by atoms with Crippen LogP contribution in [0.25, 0.3) is 0 Å². The van der Waals surface area contributed by atoms with E-state index in [0.717, 1.165) is 4.88 Å². The topological polar surface area (TPSA) is 125 Å². The zero-order valence-corrected chi connectivity index (χ0v) is 14.1. The van der Waals surface area contributed by atoms with Crippen LogP contribution in [-0.2, 0) is 14.6 Å². The van der Waals surface area contributed by atoms with Gasteiger partial charge in [-0.2, -0.15) is 0 Å². The number of nitrogen functional groups attached to an aromatic ring is 1. The van der Waals surface area contributed by atoms with Crippen molar-refractivity contribution >= 4 is 32.9 Å². The van der Waals surface area contributed by atoms with E-state index in [2.05, 4.69) is 10.6 Å². The summed E-state index contributed by atoms with van der Waals surface area (Å²) in [6.07, 6.45) is 1.48. The molecule has 0 aliphatic carbocycles. The van der Waals surface area contributed by atoms with Crippen molar-refractivity contribution in [3.05, 3.63) is 21.9 Å². The van der Waals surface area contributed by atoms with Crippen molar-refractivity contribution in [2.45, 2.75) is 30.7 Å². The smallest absolute Gasteiger partial charge is 0.237 e. The monoisotopic (exact) mass is 344 g/mol. The predicted molar refractivity (Wildman–Crippen MR) is 86.9 cm³/mol. The summed E-state index contributed by atoms with van der Waals surface area (Å²) in [4.78, 5) is 13.1. The predicted octanol–water partition coefficient (Wildman–Crippen LogP) is -0.0155. The van der Waals surface area contributed by atoms with Crippen molar-refractivity contribution in [3.8, 4) is 0 Å². The highest BCUT2D eigenvalue weighted by molar-refractivity contribution is 7.91. The molecular weight excluding hydrogens is 324 g/mol. The summed E-state index contributed by atoms with van der Waals surface area (Å²) >= 11 is 1.42. The number of amides is 1. The summed E-state index contributed by atoms with van der Waals surface area (Å²) in [5, 5.41) is 14.5. The number of nitrogens with two attached hydrogens (primary N) is 1. The minimum atomic E-state index is -3.13. The average Bonchev–Trinajstić information content (AvgIpc) is 3.07. The molecule has 5 N–H and O–H groups in total. The first-order chi connectivity index (χ1) is 10.2. The zero-order chi connectivity index (χ0) is 16.5. The van der Waals surface area contributed by atoms with E-state index in [4.69, 9.17) is 11.1 Å². The van der Waals surface area contributed by atoms with Crippen molar-refractivity contribution in [1.29, 1.82) is 5.41 Å². The minimum Gasteiger partial charge on any atom is -0.384 e. The van der Waals surface area contributed by atoms with Gasteiger partial charge in [0.25, 0.3) is 0 Å². The van der Waals surface area contributed by atoms with Crippen molar-refractivity contribution < 1.29 is 13.2 Å². The van der Waals surface area contributed by atoms with E-state index in [0.29, 0.717) is 18.5 Å². The summed E-state index contributed by atoms with van der Waals surface area (Å²) < 4.78 is 23.0. The standard InChI is InChI=1S/C13H20N4O3S2/c1-7(11-3-8(6-21-11)12(14)15)17-13(18)10-4-9(5-16-10)22(2,19)20/h3,6-7,9-10,16H,4-5H2,1-2H3,(H3,14,15)(H,17,18)/t7?,9-,10+/m1/s1. The van der Waals surface area contributed by atoms with E-state index in [1.165, 1.54) is 17.6 Å². The Balaban J connectivity index is 1.95. The fourth-order valence-corrected chi connectivity index (χ4v) is 4.19. The van der Waals surface area contributed by atoms with Crippen LogP contribution in [0.3, 0.4) is 0 Å². The van der Waals surface area contributed by atoms with Gasteiger partial charge in [0.05, 0.1) is 17.3 Å². The van der Waals surface area contributed by atoms with Gasteiger partial charge in [0.1, 0.15) is 5.84 Å². The Kier molecular flexibility index (Phi) is 4.88. The quantitative estimate of drug-likeness (QED) is 0.441. The molecule has 122 valence electrons. The summed E-state index contributed by atoms with van der Waals surface area (Å²) in [5.41, 5.74) is 6.06. The van der Waals surface area contributed by atoms with Gasteiger partial charge in [-0.1, -0.05) is 0 Å². The molecule has 1 aromatic rings. The Bertz CT molecular complexity index is 683. The van der Waals surface area contributed by atoms with Gasteiger partial charge in [0.15, 0.2) is 9.84 Å². The molecule has 1 aliphatic heterocycles. The summed E-state index contributed by atoms with van der Waals surface area (Å²) in [6.45, 7) is 2.15. The highest BCUT2D eigenvalue weighted by Gasteiger charge is 2.35. The first kappa shape index (κ1) is 16.9. The number of hydrogen-bond acceptors (Lipinski definition) is 6. The molecule has 3 atom stereocenters. The van der Waals surface area contributed by atoms with Crippen molar-refractivity contribution in [3.63, 3.8) is 0 Å². The first-order valence-electron chi connectivity index (χ1n) is 6.84. The Morgan fingerprint density at radius 3 is 2.77 bits per heavy atom. The second-order valence-electron chi connectivity index (χ2n) is 5.53. The maximum Gasteiger partial charge on any atom is 0.237 e. The molecule has 2 rings (SSSR count). The molecule has 1 unspecified atom stereocenters. The number of hydrogen-bond donors (Lipinski definition) is 4. The third kappa shape index (κ3) is 3.84. The lowest BCUT2D eigenvalue weighted by atomic mass is 10.2. The highest BCUT2D eigenvalue weighted by atomic mass is 32.2. The summed E-state index contributed by atoms with van der Waals surface area (Å²) in [7, 11) is -3.13. The molecule has 2 heterocycles. The van der Waals surface area contributed by atoms with Gasteiger partial charge >= 0.3 is 0 Å². The van der Waals surface area contributed by atoms with Crippen LogP contribution in [-0.4, -0.2) is 44.3 Å². The van der Waals surface area contributed by atoms with E-state index in [1.807, 2.05) is 6.92 Å². The van der Waals surface area contributed by atoms with Crippen LogP contribution < -0.4 is 16.4 Å². The van der Waals surface area contributed by atoms with Crippen molar-refractivity contribution in [1.82, 2.24) is 10.6 Å². The zero-order valence-electron chi connectivity index (χ0n) is 12.4. The molecule has 22 heavy (non-hydrogen) atoms. The van der Waals surface area contributed by atoms with Crippen LogP contribution in [0.2, 0.25) is 0 Å². The summed E-state index contributed by atoms with van der Waals surface area (Å²) in [5.74, 6) is -0.217. The van der Waals surface area contributed by atoms with E-state index in [-0.39, 0.29) is 17.8 Å². The average molecular weight is 344 g/mol. The van der Waals surface area contributed by atoms with Crippen LogP contribution in [0.1, 0.15) is 29.8 Å². The van der Waals surface area contributed by atoms with Crippen LogP contribution in [0.15, 0.2) is 11.4 Å². The fraction of sp³-hybridized carbons (Fsp3) is 0.538. The van der Waals surface area contributed by atoms with Crippen molar-refractivity contribution in [2.75, 3.05) is 12.8 Å². The molecule has 7 nitrogen and oxygen atoms in total. The van der Waals surface area contributed by atoms with Crippen LogP contribution in [0, 0.1) is 5.41 Å². The maximum absolute atomic E-state index is 12.2. The minimum absolute atomic E-state index is 0.00511. The molecule has 1 saturated heterocycles. The van der Waals surface area contributed by atoms with E-state index >= 15 is 0 Å². The molecule has 9 heteroatoms. The lowest BCUT2D eigenvalue weighted by Crippen LogP contribution is -2.41. The van der Waals surface area contributed by atoms with Gasteiger partial charge in [-0.25, -0.2) is 8.42 Å². The van der Waals surface area contributed by atoms with Gasteiger partial charge in [-0.15, -0.1) is 11.3 Å². The maximum atomic E-state index is 12.2. The van der Waals surface area contributed by atoms with Gasteiger partial charge < -0.3 is 16.4 Å². The van der Waals surface area contributed by atoms with Gasteiger partial charge in [-0.3, -0.25) is 10.2 Å². The van der Waals surface area contributed by atoms with Gasteiger partial charge in [-0.05, 0) is 19.4 Å². The molecule has 1 amide bonds. The second kappa shape index (κ2) is 6.35. The molecule has 0 spiro atoms. The van der Waals surface area contributed by atoms with E-state index in [1.54, 1.807) is 11.4 Å². The Hall–Kier alpha value is -1.45. The third-order valence-corrected chi connectivity index (χ3v) is 6.41. The normalized spacial score (nSPS) is 23.2. The number of thiophene rings is 1. The Morgan fingerprint density at radius 1 is 1.59 bits per heavy atom. The van der Waals surface area contributed by atoms with Crippen LogP contribution in [0.5, 0.6) is 0 Å². The molecule has 0 bridgehead atoms. The molecule has 1 aromatic heterocycles. The molecule has 0 saturated carbocycles. The molecule has 0 radical (unpaired) electrons. The van der Waals surface area contributed by atoms with Crippen LogP contribution >= 0.6 is 11.3 Å². The number of carbonyl (C=O) groups is 1. The largest absolute Gasteiger partial charge is 0.384 e. The lowest BCUT2D eigenvalue weighted by Gasteiger charge is -2.16. The molecule has 1 fully saturated rings. The third-order valence-electron chi connectivity index (χ3n) is 3.73. The summed E-state index contributed by atoms with van der Waals surface area (Å²) in [6, 6.07) is 1.07.